The Morgan fingerprint density at radius 1 is 1.03 bits per heavy atom. The third-order valence-corrected chi connectivity index (χ3v) is 5.90. The van der Waals surface area contributed by atoms with E-state index in [4.69, 9.17) is 26.1 Å². The predicted molar refractivity (Wildman–Crippen MR) is 129 cm³/mol. The van der Waals surface area contributed by atoms with Crippen LogP contribution in [0.15, 0.2) is 66.7 Å². The number of amides is 1. The zero-order valence-electron chi connectivity index (χ0n) is 18.1. The molecule has 33 heavy (non-hydrogen) atoms. The van der Waals surface area contributed by atoms with E-state index in [0.29, 0.717) is 17.3 Å². The Bertz CT molecular complexity index is 1290. The first-order valence-electron chi connectivity index (χ1n) is 10.7. The summed E-state index contributed by atoms with van der Waals surface area (Å²) >= 11 is 6.12. The Kier molecular flexibility index (Phi) is 5.79. The van der Waals surface area contributed by atoms with Crippen LogP contribution in [0, 0.1) is 0 Å². The molecular weight excluding hydrogens is 440 g/mol. The molecule has 1 aliphatic heterocycles. The molecule has 8 heteroatoms. The highest BCUT2D eigenvalue weighted by molar-refractivity contribution is 6.31. The zero-order chi connectivity index (χ0) is 22.8. The summed E-state index contributed by atoms with van der Waals surface area (Å²) in [6.45, 7) is 2.38. The molecule has 4 aromatic rings. The van der Waals surface area contributed by atoms with Gasteiger partial charge in [0.15, 0.2) is 6.61 Å². The molecule has 0 atom stereocenters. The van der Waals surface area contributed by atoms with Crippen LogP contribution in [-0.2, 0) is 17.9 Å². The van der Waals surface area contributed by atoms with Crippen molar-refractivity contribution < 1.29 is 14.3 Å². The number of imidazole rings is 1. The van der Waals surface area contributed by atoms with E-state index in [9.17, 15) is 4.79 Å². The van der Waals surface area contributed by atoms with E-state index in [2.05, 4.69) is 14.8 Å². The number of ether oxygens (including phenoxy) is 2. The van der Waals surface area contributed by atoms with Crippen molar-refractivity contribution in [2.75, 3.05) is 30.5 Å². The monoisotopic (exact) mass is 462 g/mol. The fraction of sp³-hybridized carbons (Fsp3) is 0.200. The summed E-state index contributed by atoms with van der Waals surface area (Å²) in [6, 6.07) is 20.8. The van der Waals surface area contributed by atoms with Crippen LogP contribution >= 0.6 is 11.6 Å². The van der Waals surface area contributed by atoms with Crippen molar-refractivity contribution >= 4 is 39.9 Å². The van der Waals surface area contributed by atoms with Crippen LogP contribution in [0.25, 0.3) is 11.0 Å². The molecule has 0 radical (unpaired) electrons. The van der Waals surface area contributed by atoms with Gasteiger partial charge in [0, 0.05) is 29.5 Å². The van der Waals surface area contributed by atoms with E-state index in [1.807, 2.05) is 42.5 Å². The lowest BCUT2D eigenvalue weighted by Gasteiger charge is -2.30. The second-order valence-corrected chi connectivity index (χ2v) is 8.23. The summed E-state index contributed by atoms with van der Waals surface area (Å²) < 4.78 is 12.9. The van der Waals surface area contributed by atoms with Crippen LogP contribution in [0.1, 0.15) is 5.82 Å². The third kappa shape index (κ3) is 4.59. The van der Waals surface area contributed by atoms with Gasteiger partial charge in [0.25, 0.3) is 5.91 Å². The van der Waals surface area contributed by atoms with Gasteiger partial charge in [-0.3, -0.25) is 4.79 Å². The number of benzene rings is 3. The molecule has 1 amide bonds. The van der Waals surface area contributed by atoms with Crippen LogP contribution in [-0.4, -0.2) is 35.7 Å². The number of aromatic nitrogens is 2. The van der Waals surface area contributed by atoms with Crippen LogP contribution in [0.3, 0.4) is 0 Å². The molecule has 1 aromatic heterocycles. The highest BCUT2D eigenvalue weighted by Crippen LogP contribution is 2.27. The summed E-state index contributed by atoms with van der Waals surface area (Å²) in [5.41, 5.74) is 3.85. The number of anilines is 2. The summed E-state index contributed by atoms with van der Waals surface area (Å²) in [5.74, 6) is 2.15. The van der Waals surface area contributed by atoms with Gasteiger partial charge in [0.1, 0.15) is 17.3 Å². The zero-order valence-corrected chi connectivity index (χ0v) is 18.9. The topological polar surface area (TPSA) is 68.6 Å². The molecule has 0 spiro atoms. The number of fused-ring (bicyclic) bond motifs is 3. The first-order chi connectivity index (χ1) is 16.1. The Morgan fingerprint density at radius 3 is 2.55 bits per heavy atom. The van der Waals surface area contributed by atoms with Crippen molar-refractivity contribution in [2.45, 2.75) is 13.1 Å². The molecular formula is C25H23ClN4O3. The number of carbonyl (C=O) groups excluding carboxylic acids is 1. The van der Waals surface area contributed by atoms with Crippen molar-refractivity contribution in [2.24, 2.45) is 0 Å². The van der Waals surface area contributed by atoms with E-state index in [-0.39, 0.29) is 12.5 Å². The van der Waals surface area contributed by atoms with Gasteiger partial charge in [-0.1, -0.05) is 11.6 Å². The van der Waals surface area contributed by atoms with Gasteiger partial charge >= 0.3 is 0 Å². The molecule has 1 N–H and O–H groups in total. The molecule has 0 aliphatic carbocycles. The summed E-state index contributed by atoms with van der Waals surface area (Å²) in [7, 11) is 1.60. The lowest BCUT2D eigenvalue weighted by atomic mass is 10.2. The molecule has 0 unspecified atom stereocenters. The number of rotatable bonds is 6. The number of nitrogens with one attached hydrogen (secondary N) is 1. The number of hydrogen-bond acceptors (Lipinski definition) is 5. The molecule has 0 fully saturated rings. The molecule has 0 saturated heterocycles. The maximum atomic E-state index is 12.3. The van der Waals surface area contributed by atoms with Crippen LogP contribution in [0.5, 0.6) is 11.5 Å². The van der Waals surface area contributed by atoms with Gasteiger partial charge in [-0.25, -0.2) is 4.98 Å². The summed E-state index contributed by atoms with van der Waals surface area (Å²) in [6.07, 6.45) is 0. The highest BCUT2D eigenvalue weighted by Gasteiger charge is 2.20. The Morgan fingerprint density at radius 2 is 1.79 bits per heavy atom. The van der Waals surface area contributed by atoms with Crippen LogP contribution in [0.4, 0.5) is 11.4 Å². The quantitative estimate of drug-likeness (QED) is 0.448. The van der Waals surface area contributed by atoms with E-state index < -0.39 is 0 Å². The number of nitrogens with zero attached hydrogens (tertiary/aromatic N) is 3. The highest BCUT2D eigenvalue weighted by atomic mass is 35.5. The van der Waals surface area contributed by atoms with Gasteiger partial charge in [0.05, 0.1) is 24.7 Å². The molecule has 2 heterocycles. The number of halogens is 1. The van der Waals surface area contributed by atoms with Gasteiger partial charge in [-0.15, -0.1) is 0 Å². The van der Waals surface area contributed by atoms with Crippen molar-refractivity contribution in [3.05, 3.63) is 77.6 Å². The number of methoxy groups -OCH3 is 1. The SMILES string of the molecule is COc1ccc(OCC(=O)Nc2ccc(N3CCn4c(nc5cc(Cl)ccc54)C3)cc2)cc1. The van der Waals surface area contributed by atoms with Crippen molar-refractivity contribution in [3.8, 4) is 11.5 Å². The standard InChI is InChI=1S/C25H23ClN4O3/c1-32-20-7-9-21(10-8-20)33-16-25(31)27-18-3-5-19(6-4-18)29-12-13-30-23-11-2-17(26)14-22(23)28-24(30)15-29/h2-11,14H,12-13,15-16H2,1H3,(H,27,31). The van der Waals surface area contributed by atoms with Gasteiger partial charge in [-0.2, -0.15) is 0 Å². The van der Waals surface area contributed by atoms with Crippen molar-refractivity contribution in [1.29, 1.82) is 0 Å². The largest absolute Gasteiger partial charge is 0.497 e. The molecule has 0 saturated carbocycles. The first kappa shape index (κ1) is 21.2. The normalized spacial score (nSPS) is 13.0. The third-order valence-electron chi connectivity index (χ3n) is 5.66. The van der Waals surface area contributed by atoms with Gasteiger partial charge < -0.3 is 24.3 Å². The molecule has 168 valence electrons. The van der Waals surface area contributed by atoms with E-state index >= 15 is 0 Å². The fourth-order valence-electron chi connectivity index (χ4n) is 3.99. The number of carbonyl (C=O) groups is 1. The summed E-state index contributed by atoms with van der Waals surface area (Å²) in [5, 5.41) is 3.56. The van der Waals surface area contributed by atoms with Crippen LogP contribution in [0.2, 0.25) is 5.02 Å². The smallest absolute Gasteiger partial charge is 0.262 e. The molecule has 7 nitrogen and oxygen atoms in total. The molecule has 3 aromatic carbocycles. The van der Waals surface area contributed by atoms with E-state index in [1.54, 1.807) is 31.4 Å². The average Bonchev–Trinajstić information content (AvgIpc) is 3.20. The minimum Gasteiger partial charge on any atom is -0.497 e. The van der Waals surface area contributed by atoms with Crippen molar-refractivity contribution in [3.63, 3.8) is 0 Å². The van der Waals surface area contributed by atoms with Crippen molar-refractivity contribution in [1.82, 2.24) is 9.55 Å². The van der Waals surface area contributed by atoms with Gasteiger partial charge in [0.2, 0.25) is 0 Å². The minimum atomic E-state index is -0.219. The molecule has 1 aliphatic rings. The lowest BCUT2D eigenvalue weighted by Crippen LogP contribution is -2.33. The lowest BCUT2D eigenvalue weighted by molar-refractivity contribution is -0.118. The summed E-state index contributed by atoms with van der Waals surface area (Å²) in [4.78, 5) is 19.3. The minimum absolute atomic E-state index is 0.0690. The Balaban J connectivity index is 1.19. The fourth-order valence-corrected chi connectivity index (χ4v) is 4.15. The Hall–Kier alpha value is -3.71. The molecule has 5 rings (SSSR count). The second-order valence-electron chi connectivity index (χ2n) is 7.79. The maximum absolute atomic E-state index is 12.3. The Labute approximate surface area is 196 Å². The first-order valence-corrected chi connectivity index (χ1v) is 11.0. The van der Waals surface area contributed by atoms with E-state index in [1.165, 1.54) is 0 Å². The number of hydrogen-bond donors (Lipinski definition) is 1. The molecule has 0 bridgehead atoms. The second kappa shape index (κ2) is 9.03. The maximum Gasteiger partial charge on any atom is 0.262 e. The average molecular weight is 463 g/mol. The van der Waals surface area contributed by atoms with Gasteiger partial charge in [-0.05, 0) is 66.7 Å². The predicted octanol–water partition coefficient (Wildman–Crippen LogP) is 4.74. The van der Waals surface area contributed by atoms with E-state index in [0.717, 1.165) is 47.1 Å². The van der Waals surface area contributed by atoms with Crippen LogP contribution < -0.4 is 19.7 Å².